The maximum Gasteiger partial charge on any atom is 0.298 e. The van der Waals surface area contributed by atoms with Gasteiger partial charge in [0, 0.05) is 27.9 Å². The highest BCUT2D eigenvalue weighted by molar-refractivity contribution is 6.49. The Morgan fingerprint density at radius 3 is 1.65 bits per heavy atom. The van der Waals surface area contributed by atoms with Gasteiger partial charge in [-0.25, -0.2) is 0 Å². The van der Waals surface area contributed by atoms with Crippen molar-refractivity contribution in [2.75, 3.05) is 0 Å². The van der Waals surface area contributed by atoms with E-state index in [0.717, 1.165) is 0 Å². The highest BCUT2D eigenvalue weighted by Gasteiger charge is 2.38. The Morgan fingerprint density at radius 1 is 0.667 bits per heavy atom. The van der Waals surface area contributed by atoms with E-state index in [-0.39, 0.29) is 57.8 Å². The molecule has 5 rings (SSSR count). The number of furan rings is 1. The second-order valence-electron chi connectivity index (χ2n) is 10.3. The van der Waals surface area contributed by atoms with Crippen LogP contribution >= 0.6 is 0 Å². The van der Waals surface area contributed by atoms with Crippen LogP contribution < -0.4 is 27.2 Å². The number of aromatic nitrogens is 1. The van der Waals surface area contributed by atoms with Crippen molar-refractivity contribution < 1.29 is 52.7 Å². The summed E-state index contributed by atoms with van der Waals surface area (Å²) in [5.74, 6) is -6.81. The molecule has 17 heteroatoms. The molecule has 252 valence electrons. The minimum Gasteiger partial charge on any atom is -0.503 e. The van der Waals surface area contributed by atoms with Crippen molar-refractivity contribution in [2.45, 2.75) is 49.0 Å². The molecule has 0 bridgehead atoms. The summed E-state index contributed by atoms with van der Waals surface area (Å²) in [6, 6.07) is 0. The van der Waals surface area contributed by atoms with Crippen LogP contribution in [0.5, 0.6) is 5.75 Å². The summed E-state index contributed by atoms with van der Waals surface area (Å²) in [5.41, 5.74) is 4.98. The fourth-order valence-electron chi connectivity index (χ4n) is 4.55. The monoisotopic (exact) mass is 665 g/mol. The largest absolute Gasteiger partial charge is 0.503 e. The van der Waals surface area contributed by atoms with Crippen molar-refractivity contribution in [3.05, 3.63) is 73.0 Å². The van der Waals surface area contributed by atoms with Gasteiger partial charge in [0.05, 0.1) is 27.8 Å². The molecular formula is C31H31N5O12. The van der Waals surface area contributed by atoms with Crippen LogP contribution in [0.3, 0.4) is 0 Å². The molecule has 0 aromatic carbocycles. The van der Waals surface area contributed by atoms with Gasteiger partial charge in [0.1, 0.15) is 5.76 Å². The molecule has 0 saturated carbocycles. The molecule has 48 heavy (non-hydrogen) atoms. The number of nitrogens with two attached hydrogens (primary N) is 1. The first-order chi connectivity index (χ1) is 21.7. The summed E-state index contributed by atoms with van der Waals surface area (Å²) in [6.07, 6.45) is 0. The molecule has 3 aliphatic rings. The van der Waals surface area contributed by atoms with E-state index in [9.17, 15) is 53.1 Å². The van der Waals surface area contributed by atoms with Crippen LogP contribution in [0.2, 0.25) is 0 Å². The maximum atomic E-state index is 11.9. The van der Waals surface area contributed by atoms with Crippen LogP contribution in [-0.2, 0) is 38.4 Å². The zero-order valence-electron chi connectivity index (χ0n) is 25.7. The molecule has 0 unspecified atom stereocenters. The summed E-state index contributed by atoms with van der Waals surface area (Å²) < 4.78 is 5.21. The van der Waals surface area contributed by atoms with Crippen molar-refractivity contribution in [3.8, 4) is 5.75 Å². The van der Waals surface area contributed by atoms with Crippen LogP contribution in [-0.4, -0.2) is 62.9 Å². The molecule has 0 fully saturated rings. The number of hydrogen-bond donors (Lipinski definition) is 6. The molecule has 5 heterocycles. The quantitative estimate of drug-likeness (QED) is 0.138. The van der Waals surface area contributed by atoms with Gasteiger partial charge < -0.3 is 20.6 Å². The second-order valence-corrected chi connectivity index (χ2v) is 10.3. The van der Waals surface area contributed by atoms with E-state index in [1.54, 1.807) is 6.92 Å². The normalized spacial score (nSPS) is 16.5. The van der Waals surface area contributed by atoms with Gasteiger partial charge in [-0.1, -0.05) is 14.0 Å². The summed E-state index contributed by atoms with van der Waals surface area (Å²) in [4.78, 5) is 116. The number of ketones is 3. The Kier molecular flexibility index (Phi) is 10.9. The molecule has 7 N–H and O–H groups in total. The average Bonchev–Trinajstić information content (AvgIpc) is 3.33. The lowest BCUT2D eigenvalue weighted by molar-refractivity contribution is -0.140. The van der Waals surface area contributed by atoms with E-state index in [1.165, 1.54) is 34.6 Å². The standard InChI is InChI=1S/C13H10N2O5.C10H10N2O4.C7H7NO3.CH4/c1-4-7(11(18)14-6(3)9(4)16)8-5(2)10(17)13(20)15-12(8)19;1-3-5-6(8(11)14)4(2)16-10(5)12-9(15)7(3)13;1-3-4(2)6(10)8-7(11)5(3)9;/h3H2,1-2H3,(H,14,18)(H,15,19,20);13H,1-2H3,(H2,11,14)(H,12,15);1-2H3,(H,8,10,11);1H4. The van der Waals surface area contributed by atoms with Gasteiger partial charge in [-0.15, -0.1) is 0 Å². The number of allylic oxidation sites excluding steroid dienone is 1. The SMILES string of the molecule is C.C=C1NC(=O)C(C2=C(C)C(=O)C(=O)NC2=O)=C(C)C1=O.CC1=C(C)C(=O)C(=O)NC1=O.Cc1oc2[nH]c(=O)c(O)c(C)c2c1C(N)=O. The number of carbonyl (C=O) groups is 9. The number of aromatic amines is 1. The van der Waals surface area contributed by atoms with Gasteiger partial charge >= 0.3 is 0 Å². The van der Waals surface area contributed by atoms with Crippen LogP contribution in [0, 0.1) is 13.8 Å². The van der Waals surface area contributed by atoms with E-state index in [4.69, 9.17) is 10.2 Å². The van der Waals surface area contributed by atoms with Crippen LogP contribution in [0.4, 0.5) is 0 Å². The Labute approximate surface area is 271 Å². The number of nitrogens with one attached hydrogen (secondary N) is 4. The fourth-order valence-corrected chi connectivity index (χ4v) is 4.55. The highest BCUT2D eigenvalue weighted by Crippen LogP contribution is 2.29. The number of pyridine rings is 1. The number of amides is 6. The lowest BCUT2D eigenvalue weighted by Crippen LogP contribution is -2.46. The summed E-state index contributed by atoms with van der Waals surface area (Å²) in [6.45, 7) is 12.1. The molecule has 0 aliphatic carbocycles. The van der Waals surface area contributed by atoms with Gasteiger partial charge in [0.25, 0.3) is 41.0 Å². The van der Waals surface area contributed by atoms with Crippen LogP contribution in [0.25, 0.3) is 11.1 Å². The van der Waals surface area contributed by atoms with Crippen molar-refractivity contribution in [2.24, 2.45) is 5.73 Å². The van der Waals surface area contributed by atoms with Crippen molar-refractivity contribution in [1.82, 2.24) is 20.9 Å². The number of hydrogen-bond acceptors (Lipinski definition) is 12. The number of primary amides is 1. The Balaban J connectivity index is 0.000000258. The lowest BCUT2D eigenvalue weighted by Gasteiger charge is -2.23. The van der Waals surface area contributed by atoms with Gasteiger partial charge in [-0.3, -0.25) is 63.6 Å². The molecule has 2 aromatic rings. The molecule has 2 aromatic heterocycles. The number of fused-ring (bicyclic) bond motifs is 1. The number of aryl methyl sites for hydroxylation is 2. The molecule has 6 amide bonds. The second kappa shape index (κ2) is 13.9. The number of H-pyrrole nitrogens is 1. The van der Waals surface area contributed by atoms with Crippen molar-refractivity contribution in [1.29, 1.82) is 0 Å². The van der Waals surface area contributed by atoms with Crippen LogP contribution in [0.1, 0.15) is 56.8 Å². The van der Waals surface area contributed by atoms with E-state index in [0.29, 0.717) is 16.7 Å². The highest BCUT2D eigenvalue weighted by atomic mass is 16.3. The molecule has 17 nitrogen and oxygen atoms in total. The summed E-state index contributed by atoms with van der Waals surface area (Å²) in [7, 11) is 0. The zero-order chi connectivity index (χ0) is 35.8. The third-order valence-corrected chi connectivity index (χ3v) is 7.29. The Bertz CT molecular complexity index is 2020. The zero-order valence-corrected chi connectivity index (χ0v) is 25.7. The minimum absolute atomic E-state index is 0. The fraction of sp³-hybridized carbons (Fsp3) is 0.226. The lowest BCUT2D eigenvalue weighted by atomic mass is 9.87. The number of Topliss-reactive ketones (excluding diaryl/α,β-unsaturated/α-hetero) is 3. The number of rotatable bonds is 2. The van der Waals surface area contributed by atoms with Crippen LogP contribution in [0.15, 0.2) is 54.9 Å². The van der Waals surface area contributed by atoms with E-state index in [1.807, 2.05) is 10.6 Å². The topological polar surface area (TPSA) is 282 Å². The summed E-state index contributed by atoms with van der Waals surface area (Å²) in [5, 5.41) is 15.8. The van der Waals surface area contributed by atoms with E-state index in [2.05, 4.69) is 16.9 Å². The Hall–Kier alpha value is -6.52. The third-order valence-electron chi connectivity index (χ3n) is 7.29. The first-order valence-electron chi connectivity index (χ1n) is 13.3. The van der Waals surface area contributed by atoms with Gasteiger partial charge in [-0.05, 0) is 41.5 Å². The smallest absolute Gasteiger partial charge is 0.298 e. The third kappa shape index (κ3) is 6.69. The van der Waals surface area contributed by atoms with E-state index < -0.39 is 64.1 Å². The predicted molar refractivity (Wildman–Crippen MR) is 166 cm³/mol. The van der Waals surface area contributed by atoms with Gasteiger partial charge in [0.2, 0.25) is 23.1 Å². The minimum atomic E-state index is -1.05. The molecule has 0 spiro atoms. The number of imide groups is 2. The average molecular weight is 666 g/mol. The first-order valence-corrected chi connectivity index (χ1v) is 13.3. The number of aromatic hydroxyl groups is 1. The molecule has 3 aliphatic heterocycles. The summed E-state index contributed by atoms with van der Waals surface area (Å²) >= 11 is 0. The molecule has 0 atom stereocenters. The predicted octanol–water partition coefficient (Wildman–Crippen LogP) is -0.216. The van der Waals surface area contributed by atoms with Crippen molar-refractivity contribution >= 4 is 63.9 Å². The van der Waals surface area contributed by atoms with E-state index >= 15 is 0 Å². The number of carbonyl (C=O) groups excluding carboxylic acids is 9. The molecule has 0 radical (unpaired) electrons. The Morgan fingerprint density at radius 2 is 1.12 bits per heavy atom. The molecular weight excluding hydrogens is 634 g/mol. The van der Waals surface area contributed by atoms with Gasteiger partial charge in [-0.2, -0.15) is 0 Å². The van der Waals surface area contributed by atoms with Gasteiger partial charge in [0.15, 0.2) is 5.75 Å². The first kappa shape index (κ1) is 37.7. The molecule has 0 saturated heterocycles. The van der Waals surface area contributed by atoms with Crippen molar-refractivity contribution in [3.63, 3.8) is 0 Å². The maximum absolute atomic E-state index is 11.9.